The van der Waals surface area contributed by atoms with Crippen molar-refractivity contribution < 1.29 is 5.11 Å². The average molecular weight is 180 g/mol. The van der Waals surface area contributed by atoms with Crippen LogP contribution in [0.2, 0.25) is 0 Å². The standard InChI is InChI=1S/C12H20O/c1-3-4-5-6-11-7-10(2)8-12(13)9-11/h3-4,8,11-13H,5-7,9H2,1-2H3/b4-3+. The Hall–Kier alpha value is -0.560. The van der Waals surface area contributed by atoms with Gasteiger partial charge in [0.1, 0.15) is 0 Å². The monoisotopic (exact) mass is 180 g/mol. The van der Waals surface area contributed by atoms with Crippen LogP contribution in [-0.4, -0.2) is 11.2 Å². The van der Waals surface area contributed by atoms with Crippen molar-refractivity contribution in [3.05, 3.63) is 23.8 Å². The molecule has 74 valence electrons. The van der Waals surface area contributed by atoms with Gasteiger partial charge in [0.15, 0.2) is 0 Å². The molecule has 1 N–H and O–H groups in total. The average Bonchev–Trinajstić information content (AvgIpc) is 2.03. The molecule has 0 aromatic heterocycles. The maximum atomic E-state index is 9.51. The third kappa shape index (κ3) is 3.77. The highest BCUT2D eigenvalue weighted by Crippen LogP contribution is 2.27. The number of allylic oxidation sites excluding steroid dienone is 3. The second-order valence-electron chi connectivity index (χ2n) is 4.03. The molecule has 0 aliphatic heterocycles. The van der Waals surface area contributed by atoms with Gasteiger partial charge in [-0.15, -0.1) is 0 Å². The maximum Gasteiger partial charge on any atom is 0.0726 e. The van der Waals surface area contributed by atoms with Gasteiger partial charge in [-0.1, -0.05) is 23.8 Å². The Labute approximate surface area is 81.2 Å². The lowest BCUT2D eigenvalue weighted by molar-refractivity contribution is 0.172. The van der Waals surface area contributed by atoms with Crippen molar-refractivity contribution in [1.29, 1.82) is 0 Å². The van der Waals surface area contributed by atoms with Gasteiger partial charge in [0.25, 0.3) is 0 Å². The summed E-state index contributed by atoms with van der Waals surface area (Å²) in [6.07, 6.45) is 10.6. The lowest BCUT2D eigenvalue weighted by atomic mass is 9.85. The predicted molar refractivity (Wildman–Crippen MR) is 56.5 cm³/mol. The Bertz CT molecular complexity index is 203. The largest absolute Gasteiger partial charge is 0.389 e. The van der Waals surface area contributed by atoms with E-state index >= 15 is 0 Å². The molecule has 0 radical (unpaired) electrons. The third-order valence-electron chi connectivity index (χ3n) is 2.64. The van der Waals surface area contributed by atoms with Gasteiger partial charge in [-0.05, 0) is 45.4 Å². The maximum absolute atomic E-state index is 9.51. The minimum atomic E-state index is -0.190. The molecule has 1 nitrogen and oxygen atoms in total. The van der Waals surface area contributed by atoms with Crippen LogP contribution in [0.3, 0.4) is 0 Å². The van der Waals surface area contributed by atoms with Crippen molar-refractivity contribution in [1.82, 2.24) is 0 Å². The van der Waals surface area contributed by atoms with Gasteiger partial charge in [0.2, 0.25) is 0 Å². The molecule has 1 heteroatoms. The van der Waals surface area contributed by atoms with E-state index < -0.39 is 0 Å². The zero-order valence-corrected chi connectivity index (χ0v) is 8.66. The summed E-state index contributed by atoms with van der Waals surface area (Å²) in [5.74, 6) is 0.691. The van der Waals surface area contributed by atoms with Crippen LogP contribution in [-0.2, 0) is 0 Å². The summed E-state index contributed by atoms with van der Waals surface area (Å²) in [7, 11) is 0. The fraction of sp³-hybridized carbons (Fsp3) is 0.667. The molecule has 0 aromatic carbocycles. The van der Waals surface area contributed by atoms with Crippen LogP contribution in [0.5, 0.6) is 0 Å². The van der Waals surface area contributed by atoms with E-state index in [-0.39, 0.29) is 6.10 Å². The van der Waals surface area contributed by atoms with Crippen molar-refractivity contribution >= 4 is 0 Å². The second-order valence-corrected chi connectivity index (χ2v) is 4.03. The van der Waals surface area contributed by atoms with Crippen LogP contribution in [0.4, 0.5) is 0 Å². The van der Waals surface area contributed by atoms with Gasteiger partial charge in [-0.2, -0.15) is 0 Å². The number of hydrogen-bond acceptors (Lipinski definition) is 1. The molecule has 0 bridgehead atoms. The molecule has 0 saturated heterocycles. The molecule has 2 atom stereocenters. The minimum Gasteiger partial charge on any atom is -0.389 e. The number of aliphatic hydroxyl groups is 1. The molecule has 1 rings (SSSR count). The van der Waals surface area contributed by atoms with E-state index in [1.807, 2.05) is 6.08 Å². The SMILES string of the molecule is C/C=C/CCC1CC(C)=CC(O)C1. The lowest BCUT2D eigenvalue weighted by Gasteiger charge is -2.24. The van der Waals surface area contributed by atoms with Gasteiger partial charge >= 0.3 is 0 Å². The quantitative estimate of drug-likeness (QED) is 0.662. The van der Waals surface area contributed by atoms with Crippen LogP contribution in [0, 0.1) is 5.92 Å². The van der Waals surface area contributed by atoms with Crippen LogP contribution in [0.15, 0.2) is 23.8 Å². The van der Waals surface area contributed by atoms with E-state index in [9.17, 15) is 5.11 Å². The normalized spacial score (nSPS) is 29.3. The Morgan fingerprint density at radius 1 is 1.62 bits per heavy atom. The molecule has 0 fully saturated rings. The third-order valence-corrected chi connectivity index (χ3v) is 2.64. The minimum absolute atomic E-state index is 0.190. The lowest BCUT2D eigenvalue weighted by Crippen LogP contribution is -2.17. The molecule has 13 heavy (non-hydrogen) atoms. The topological polar surface area (TPSA) is 20.2 Å². The molecule has 0 aromatic rings. The van der Waals surface area contributed by atoms with E-state index in [2.05, 4.69) is 26.0 Å². The molecule has 1 aliphatic rings. The van der Waals surface area contributed by atoms with Crippen molar-refractivity contribution in [2.24, 2.45) is 5.92 Å². The van der Waals surface area contributed by atoms with Crippen molar-refractivity contribution in [3.8, 4) is 0 Å². The predicted octanol–water partition coefficient (Wildman–Crippen LogP) is 3.06. The first-order chi connectivity index (χ1) is 6.22. The highest BCUT2D eigenvalue weighted by atomic mass is 16.3. The Kier molecular flexibility index (Phi) is 4.23. The van der Waals surface area contributed by atoms with Gasteiger partial charge in [0.05, 0.1) is 6.10 Å². The molecule has 0 heterocycles. The summed E-state index contributed by atoms with van der Waals surface area (Å²) < 4.78 is 0. The van der Waals surface area contributed by atoms with Gasteiger partial charge in [0, 0.05) is 0 Å². The fourth-order valence-electron chi connectivity index (χ4n) is 2.06. The molecule has 0 amide bonds. The Morgan fingerprint density at radius 3 is 3.00 bits per heavy atom. The summed E-state index contributed by atoms with van der Waals surface area (Å²) in [5.41, 5.74) is 1.35. The Balaban J connectivity index is 2.32. The summed E-state index contributed by atoms with van der Waals surface area (Å²) >= 11 is 0. The fourth-order valence-corrected chi connectivity index (χ4v) is 2.06. The summed E-state index contributed by atoms with van der Waals surface area (Å²) in [6, 6.07) is 0. The zero-order valence-electron chi connectivity index (χ0n) is 8.66. The summed E-state index contributed by atoms with van der Waals surface area (Å²) in [4.78, 5) is 0. The van der Waals surface area contributed by atoms with Crippen LogP contribution in [0.1, 0.15) is 39.5 Å². The van der Waals surface area contributed by atoms with Crippen molar-refractivity contribution in [2.45, 2.75) is 45.6 Å². The first-order valence-electron chi connectivity index (χ1n) is 5.19. The van der Waals surface area contributed by atoms with E-state index in [0.717, 1.165) is 12.8 Å². The Morgan fingerprint density at radius 2 is 2.38 bits per heavy atom. The number of aliphatic hydroxyl groups excluding tert-OH is 1. The van der Waals surface area contributed by atoms with Crippen LogP contribution >= 0.6 is 0 Å². The van der Waals surface area contributed by atoms with E-state index in [0.29, 0.717) is 5.92 Å². The molecule has 1 aliphatic carbocycles. The highest BCUT2D eigenvalue weighted by molar-refractivity contribution is 5.07. The molecule has 0 saturated carbocycles. The first kappa shape index (κ1) is 10.5. The van der Waals surface area contributed by atoms with Crippen LogP contribution < -0.4 is 0 Å². The van der Waals surface area contributed by atoms with Gasteiger partial charge in [-0.25, -0.2) is 0 Å². The number of hydrogen-bond donors (Lipinski definition) is 1. The van der Waals surface area contributed by atoms with Crippen molar-refractivity contribution in [3.63, 3.8) is 0 Å². The van der Waals surface area contributed by atoms with Crippen molar-refractivity contribution in [2.75, 3.05) is 0 Å². The second kappa shape index (κ2) is 5.23. The zero-order chi connectivity index (χ0) is 9.68. The summed E-state index contributed by atoms with van der Waals surface area (Å²) in [5, 5.41) is 9.51. The van der Waals surface area contributed by atoms with E-state index in [1.165, 1.54) is 18.4 Å². The highest BCUT2D eigenvalue weighted by Gasteiger charge is 2.17. The number of rotatable bonds is 3. The molecule has 0 spiro atoms. The van der Waals surface area contributed by atoms with E-state index in [1.54, 1.807) is 0 Å². The van der Waals surface area contributed by atoms with Crippen LogP contribution in [0.25, 0.3) is 0 Å². The smallest absolute Gasteiger partial charge is 0.0726 e. The molecular weight excluding hydrogens is 160 g/mol. The molecule has 2 unspecified atom stereocenters. The van der Waals surface area contributed by atoms with Gasteiger partial charge < -0.3 is 5.11 Å². The summed E-state index contributed by atoms with van der Waals surface area (Å²) in [6.45, 7) is 4.17. The first-order valence-corrected chi connectivity index (χ1v) is 5.19. The van der Waals surface area contributed by atoms with E-state index in [4.69, 9.17) is 0 Å². The van der Waals surface area contributed by atoms with Gasteiger partial charge in [-0.3, -0.25) is 0 Å². The molecular formula is C12H20O.